The number of hydrogen-bond acceptors (Lipinski definition) is 4. The van der Waals surface area contributed by atoms with Crippen LogP contribution in [0.15, 0.2) is 18.2 Å². The number of anilines is 1. The van der Waals surface area contributed by atoms with Gasteiger partial charge in [-0.3, -0.25) is 9.59 Å². The number of phenolic OH excluding ortho intramolecular Hbond substituents is 1. The molecule has 1 fully saturated rings. The number of nitrogens with one attached hydrogen (secondary N) is 2. The van der Waals surface area contributed by atoms with E-state index in [9.17, 15) is 14.7 Å². The summed E-state index contributed by atoms with van der Waals surface area (Å²) in [6.07, 6.45) is 1.80. The Labute approximate surface area is 121 Å². The second-order valence-corrected chi connectivity index (χ2v) is 4.90. The first-order chi connectivity index (χ1) is 9.56. The third-order valence-corrected chi connectivity index (χ3v) is 3.16. The van der Waals surface area contributed by atoms with Crippen LogP contribution in [0.25, 0.3) is 0 Å². The van der Waals surface area contributed by atoms with Crippen molar-refractivity contribution in [3.05, 3.63) is 23.2 Å². The van der Waals surface area contributed by atoms with Gasteiger partial charge >= 0.3 is 11.8 Å². The molecular formula is C13H15ClN2O4. The molecular weight excluding hydrogens is 284 g/mol. The van der Waals surface area contributed by atoms with Crippen LogP contribution in [0.1, 0.15) is 12.8 Å². The molecule has 1 aromatic carbocycles. The molecule has 0 aromatic heterocycles. The third-order valence-electron chi connectivity index (χ3n) is 2.93. The number of amides is 2. The van der Waals surface area contributed by atoms with E-state index in [1.165, 1.54) is 18.2 Å². The Morgan fingerprint density at radius 2 is 2.20 bits per heavy atom. The first kappa shape index (κ1) is 14.6. The molecule has 1 unspecified atom stereocenters. The minimum absolute atomic E-state index is 0.0358. The highest BCUT2D eigenvalue weighted by atomic mass is 35.5. The van der Waals surface area contributed by atoms with Crippen molar-refractivity contribution < 1.29 is 19.4 Å². The van der Waals surface area contributed by atoms with Gasteiger partial charge in [0.05, 0.1) is 11.8 Å². The lowest BCUT2D eigenvalue weighted by molar-refractivity contribution is -0.136. The fourth-order valence-electron chi connectivity index (χ4n) is 1.88. The molecule has 1 aliphatic heterocycles. The Hall–Kier alpha value is -1.79. The zero-order valence-corrected chi connectivity index (χ0v) is 11.4. The third kappa shape index (κ3) is 3.85. The number of ether oxygens (including phenoxy) is 1. The Bertz CT molecular complexity index is 515. The standard InChI is InChI=1S/C13H15ClN2O4/c14-8-3-4-11(17)10(6-8)16-13(19)12(18)15-7-9-2-1-5-20-9/h3-4,6,9,17H,1-2,5,7H2,(H,15,18)(H,16,19). The summed E-state index contributed by atoms with van der Waals surface area (Å²) in [6.45, 7) is 0.983. The lowest BCUT2D eigenvalue weighted by Gasteiger charge is -2.11. The molecule has 1 aliphatic rings. The largest absolute Gasteiger partial charge is 0.506 e. The van der Waals surface area contributed by atoms with Gasteiger partial charge in [-0.15, -0.1) is 0 Å². The van der Waals surface area contributed by atoms with Crippen molar-refractivity contribution in [2.45, 2.75) is 18.9 Å². The molecule has 2 rings (SSSR count). The summed E-state index contributed by atoms with van der Waals surface area (Å²) in [5.41, 5.74) is 0.0924. The van der Waals surface area contributed by atoms with Crippen LogP contribution in [0.5, 0.6) is 5.75 Å². The summed E-state index contributed by atoms with van der Waals surface area (Å²) < 4.78 is 5.33. The fraction of sp³-hybridized carbons (Fsp3) is 0.385. The number of rotatable bonds is 3. The monoisotopic (exact) mass is 298 g/mol. The molecule has 1 saturated heterocycles. The van der Waals surface area contributed by atoms with Crippen LogP contribution in [0, 0.1) is 0 Å². The number of aromatic hydroxyl groups is 1. The number of halogens is 1. The molecule has 1 aromatic rings. The van der Waals surface area contributed by atoms with Gasteiger partial charge in [0, 0.05) is 18.2 Å². The first-order valence-electron chi connectivity index (χ1n) is 6.25. The predicted molar refractivity (Wildman–Crippen MR) is 73.7 cm³/mol. The van der Waals surface area contributed by atoms with Crippen LogP contribution in [0.2, 0.25) is 5.02 Å². The van der Waals surface area contributed by atoms with Crippen LogP contribution in [-0.2, 0) is 14.3 Å². The Morgan fingerprint density at radius 1 is 1.40 bits per heavy atom. The number of carbonyl (C=O) groups is 2. The Balaban J connectivity index is 1.87. The summed E-state index contributed by atoms with van der Waals surface area (Å²) in [4.78, 5) is 23.3. The number of hydrogen-bond donors (Lipinski definition) is 3. The maximum Gasteiger partial charge on any atom is 0.313 e. The molecule has 20 heavy (non-hydrogen) atoms. The minimum atomic E-state index is -0.861. The van der Waals surface area contributed by atoms with Gasteiger partial charge in [-0.1, -0.05) is 11.6 Å². The first-order valence-corrected chi connectivity index (χ1v) is 6.63. The van der Waals surface area contributed by atoms with Crippen molar-refractivity contribution in [2.75, 3.05) is 18.5 Å². The van der Waals surface area contributed by atoms with Crippen LogP contribution in [0.4, 0.5) is 5.69 Å². The van der Waals surface area contributed by atoms with Crippen molar-refractivity contribution in [1.29, 1.82) is 0 Å². The zero-order chi connectivity index (χ0) is 14.5. The second kappa shape index (κ2) is 6.58. The van der Waals surface area contributed by atoms with E-state index in [4.69, 9.17) is 16.3 Å². The zero-order valence-electron chi connectivity index (χ0n) is 10.7. The van der Waals surface area contributed by atoms with Gasteiger partial charge in [0.2, 0.25) is 0 Å². The molecule has 0 spiro atoms. The highest BCUT2D eigenvalue weighted by Crippen LogP contribution is 2.26. The Morgan fingerprint density at radius 3 is 2.90 bits per heavy atom. The maximum absolute atomic E-state index is 11.7. The number of phenols is 1. The van der Waals surface area contributed by atoms with E-state index < -0.39 is 11.8 Å². The molecule has 7 heteroatoms. The average molecular weight is 299 g/mol. The highest BCUT2D eigenvalue weighted by molar-refractivity contribution is 6.40. The van der Waals surface area contributed by atoms with Gasteiger partial charge in [0.25, 0.3) is 0 Å². The quantitative estimate of drug-likeness (QED) is 0.579. The maximum atomic E-state index is 11.7. The van der Waals surface area contributed by atoms with E-state index in [2.05, 4.69) is 10.6 Å². The van der Waals surface area contributed by atoms with Crippen molar-refractivity contribution in [3.63, 3.8) is 0 Å². The average Bonchev–Trinajstić information content (AvgIpc) is 2.93. The van der Waals surface area contributed by atoms with Crippen molar-refractivity contribution >= 4 is 29.1 Å². The second-order valence-electron chi connectivity index (χ2n) is 4.46. The van der Waals surface area contributed by atoms with E-state index in [0.29, 0.717) is 18.2 Å². The lowest BCUT2D eigenvalue weighted by atomic mass is 10.2. The molecule has 0 bridgehead atoms. The van der Waals surface area contributed by atoms with Crippen LogP contribution in [-0.4, -0.2) is 36.2 Å². The minimum Gasteiger partial charge on any atom is -0.506 e. The van der Waals surface area contributed by atoms with E-state index in [-0.39, 0.29) is 17.5 Å². The summed E-state index contributed by atoms with van der Waals surface area (Å²) in [5, 5.41) is 14.7. The summed E-state index contributed by atoms with van der Waals surface area (Å²) in [7, 11) is 0. The molecule has 0 radical (unpaired) electrons. The molecule has 3 N–H and O–H groups in total. The number of carbonyl (C=O) groups excluding carboxylic acids is 2. The fourth-order valence-corrected chi connectivity index (χ4v) is 2.05. The van der Waals surface area contributed by atoms with E-state index in [1.54, 1.807) is 0 Å². The molecule has 0 saturated carbocycles. The van der Waals surface area contributed by atoms with E-state index in [0.717, 1.165) is 12.8 Å². The molecule has 6 nitrogen and oxygen atoms in total. The predicted octanol–water partition coefficient (Wildman–Crippen LogP) is 1.28. The van der Waals surface area contributed by atoms with Gasteiger partial charge in [0.1, 0.15) is 5.75 Å². The van der Waals surface area contributed by atoms with Gasteiger partial charge in [-0.25, -0.2) is 0 Å². The molecule has 108 valence electrons. The molecule has 2 amide bonds. The SMILES string of the molecule is O=C(NCC1CCCO1)C(=O)Nc1cc(Cl)ccc1O. The van der Waals surface area contributed by atoms with Crippen molar-refractivity contribution in [2.24, 2.45) is 0 Å². The van der Waals surface area contributed by atoms with Gasteiger partial charge < -0.3 is 20.5 Å². The van der Waals surface area contributed by atoms with E-state index >= 15 is 0 Å². The van der Waals surface area contributed by atoms with Crippen LogP contribution < -0.4 is 10.6 Å². The topological polar surface area (TPSA) is 87.7 Å². The normalized spacial score (nSPS) is 17.8. The smallest absolute Gasteiger partial charge is 0.313 e. The highest BCUT2D eigenvalue weighted by Gasteiger charge is 2.20. The lowest BCUT2D eigenvalue weighted by Crippen LogP contribution is -2.39. The summed E-state index contributed by atoms with van der Waals surface area (Å²) in [5.74, 6) is -1.80. The Kier molecular flexibility index (Phi) is 4.81. The summed E-state index contributed by atoms with van der Waals surface area (Å²) >= 11 is 5.75. The molecule has 1 atom stereocenters. The molecule has 1 heterocycles. The van der Waals surface area contributed by atoms with E-state index in [1.807, 2.05) is 0 Å². The van der Waals surface area contributed by atoms with Crippen LogP contribution in [0.3, 0.4) is 0 Å². The molecule has 0 aliphatic carbocycles. The number of benzene rings is 1. The summed E-state index contributed by atoms with van der Waals surface area (Å²) in [6, 6.07) is 4.18. The van der Waals surface area contributed by atoms with Gasteiger partial charge in [-0.2, -0.15) is 0 Å². The van der Waals surface area contributed by atoms with Crippen LogP contribution >= 0.6 is 11.6 Å². The van der Waals surface area contributed by atoms with Gasteiger partial charge in [0.15, 0.2) is 0 Å². The van der Waals surface area contributed by atoms with Crippen molar-refractivity contribution in [3.8, 4) is 5.75 Å². The van der Waals surface area contributed by atoms with Crippen molar-refractivity contribution in [1.82, 2.24) is 5.32 Å². The van der Waals surface area contributed by atoms with Gasteiger partial charge in [-0.05, 0) is 31.0 Å².